The molecule has 1 aromatic heterocycles. The third-order valence-corrected chi connectivity index (χ3v) is 8.21. The Kier molecular flexibility index (Phi) is 8.65. The first-order valence-corrected chi connectivity index (χ1v) is 14.2. The molecule has 4 rings (SSSR count). The summed E-state index contributed by atoms with van der Waals surface area (Å²) in [5.41, 5.74) is 1.68. The van der Waals surface area contributed by atoms with E-state index in [0.717, 1.165) is 21.7 Å². The number of hydrogen-bond acceptors (Lipinski definition) is 7. The highest BCUT2D eigenvalue weighted by Gasteiger charge is 2.53. The molecule has 1 aliphatic carbocycles. The minimum atomic E-state index is -1.94. The number of thiazole rings is 1. The highest BCUT2D eigenvalue weighted by Crippen LogP contribution is 2.40. The Hall–Kier alpha value is -3.31. The smallest absolute Gasteiger partial charge is 0.258 e. The zero-order valence-corrected chi connectivity index (χ0v) is 24.1. The Morgan fingerprint density at radius 1 is 1.35 bits per heavy atom. The molecule has 2 unspecified atom stereocenters. The average molecular weight is 573 g/mol. The van der Waals surface area contributed by atoms with Crippen LogP contribution in [0.2, 0.25) is 0 Å². The molecule has 11 heteroatoms. The van der Waals surface area contributed by atoms with Gasteiger partial charge >= 0.3 is 0 Å². The van der Waals surface area contributed by atoms with Gasteiger partial charge in [0, 0.05) is 25.1 Å². The zero-order valence-electron chi connectivity index (χ0n) is 23.3. The van der Waals surface area contributed by atoms with Crippen LogP contribution in [0.25, 0.3) is 10.4 Å². The van der Waals surface area contributed by atoms with E-state index < -0.39 is 47.0 Å². The molecule has 3 amide bonds. The van der Waals surface area contributed by atoms with Crippen LogP contribution in [0.1, 0.15) is 51.3 Å². The number of aliphatic hydroxyl groups is 1. The first-order chi connectivity index (χ1) is 18.8. The molecule has 2 aromatic rings. The first-order valence-electron chi connectivity index (χ1n) is 13.4. The van der Waals surface area contributed by atoms with Crippen molar-refractivity contribution < 1.29 is 28.6 Å². The number of benzene rings is 1. The molecule has 0 bridgehead atoms. The highest BCUT2D eigenvalue weighted by atomic mass is 32.1. The minimum Gasteiger partial charge on any atom is -0.489 e. The van der Waals surface area contributed by atoms with Crippen molar-refractivity contribution >= 4 is 29.1 Å². The number of rotatable bonds is 10. The fraction of sp³-hybridized carbons (Fsp3) is 0.517. The van der Waals surface area contributed by atoms with E-state index >= 15 is 0 Å². The summed E-state index contributed by atoms with van der Waals surface area (Å²) < 4.78 is 20.3. The second-order valence-electron chi connectivity index (χ2n) is 11.5. The van der Waals surface area contributed by atoms with Gasteiger partial charge in [-0.05, 0) is 36.8 Å². The van der Waals surface area contributed by atoms with Crippen molar-refractivity contribution in [3.05, 3.63) is 47.6 Å². The summed E-state index contributed by atoms with van der Waals surface area (Å²) in [6.45, 7) is 11.3. The van der Waals surface area contributed by atoms with E-state index in [-0.39, 0.29) is 39.0 Å². The van der Waals surface area contributed by atoms with Gasteiger partial charge in [-0.15, -0.1) is 11.3 Å². The number of halogens is 1. The fourth-order valence-corrected chi connectivity index (χ4v) is 5.52. The third kappa shape index (κ3) is 6.52. The van der Waals surface area contributed by atoms with Crippen molar-refractivity contribution in [2.75, 3.05) is 13.2 Å². The summed E-state index contributed by atoms with van der Waals surface area (Å²) in [4.78, 5) is 46.0. The number of aryl methyl sites for hydroxylation is 1. The maximum Gasteiger partial charge on any atom is 0.258 e. The molecule has 1 aliphatic heterocycles. The topological polar surface area (TPSA) is 121 Å². The summed E-state index contributed by atoms with van der Waals surface area (Å²) in [5, 5.41) is 15.8. The number of alkyl halides is 1. The van der Waals surface area contributed by atoms with Gasteiger partial charge in [0.25, 0.3) is 5.91 Å². The predicted molar refractivity (Wildman–Crippen MR) is 150 cm³/mol. The first kappa shape index (κ1) is 29.7. The summed E-state index contributed by atoms with van der Waals surface area (Å²) in [6, 6.07) is 3.70. The molecule has 1 saturated carbocycles. The van der Waals surface area contributed by atoms with Crippen LogP contribution >= 0.6 is 11.3 Å². The minimum absolute atomic E-state index is 0.0544. The van der Waals surface area contributed by atoms with Crippen LogP contribution in [-0.4, -0.2) is 69.7 Å². The molecular weight excluding hydrogens is 535 g/mol. The molecule has 1 saturated heterocycles. The Labute approximate surface area is 237 Å². The summed E-state index contributed by atoms with van der Waals surface area (Å²) >= 11 is 1.53. The molecule has 2 fully saturated rings. The second kappa shape index (κ2) is 11.7. The molecule has 9 nitrogen and oxygen atoms in total. The van der Waals surface area contributed by atoms with E-state index in [1.54, 1.807) is 32.4 Å². The second-order valence-corrected chi connectivity index (χ2v) is 12.4. The predicted octanol–water partition coefficient (Wildman–Crippen LogP) is 3.29. The third-order valence-electron chi connectivity index (χ3n) is 7.23. The zero-order chi connectivity index (χ0) is 29.2. The normalized spacial score (nSPS) is 20.5. The number of carbonyl (C=O) groups is 3. The number of ether oxygens (including phenoxy) is 1. The lowest BCUT2D eigenvalue weighted by Crippen LogP contribution is -2.59. The van der Waals surface area contributed by atoms with Gasteiger partial charge in [-0.2, -0.15) is 0 Å². The van der Waals surface area contributed by atoms with Crippen molar-refractivity contribution in [1.29, 1.82) is 0 Å². The molecule has 40 heavy (non-hydrogen) atoms. The monoisotopic (exact) mass is 572 g/mol. The van der Waals surface area contributed by atoms with Gasteiger partial charge in [-0.25, -0.2) is 9.37 Å². The molecule has 2 aliphatic rings. The lowest BCUT2D eigenvalue weighted by Gasteiger charge is -2.35. The summed E-state index contributed by atoms with van der Waals surface area (Å²) in [5.74, 6) is -1.20. The van der Waals surface area contributed by atoms with Crippen LogP contribution in [-0.2, 0) is 20.9 Å². The lowest BCUT2D eigenvalue weighted by molar-refractivity contribution is -0.145. The van der Waals surface area contributed by atoms with Crippen LogP contribution in [0.15, 0.2) is 36.4 Å². The molecule has 3 atom stereocenters. The molecule has 0 radical (unpaired) electrons. The molecule has 1 aromatic carbocycles. The standard InChI is InChI=1S/C29H37FN4O5S/c1-6-11-39-22-12-18(23-17(2)32-16-40-23)7-8-19(22)14-31-25(36)21-13-20(35)15-34(21)26(37)24(28(3,4)5)33-27(38)29(30)9-10-29/h6-8,12,16,20-21,24,35H,1,9-11,13-15H2,2-5H3,(H,31,36)(H,33,38)/t20?,21?,24-/m1/s1. The van der Waals surface area contributed by atoms with Crippen molar-refractivity contribution in [1.82, 2.24) is 20.5 Å². The van der Waals surface area contributed by atoms with Gasteiger partial charge in [0.2, 0.25) is 11.8 Å². The van der Waals surface area contributed by atoms with Gasteiger partial charge in [0.1, 0.15) is 24.4 Å². The van der Waals surface area contributed by atoms with Gasteiger partial charge in [0.05, 0.1) is 22.2 Å². The Bertz CT molecular complexity index is 1290. The van der Waals surface area contributed by atoms with E-state index in [4.69, 9.17) is 4.74 Å². The van der Waals surface area contributed by atoms with Crippen molar-refractivity contribution in [3.8, 4) is 16.2 Å². The van der Waals surface area contributed by atoms with Gasteiger partial charge in [0.15, 0.2) is 5.67 Å². The van der Waals surface area contributed by atoms with E-state index in [9.17, 15) is 23.9 Å². The largest absolute Gasteiger partial charge is 0.489 e. The molecule has 0 spiro atoms. The number of β-amino-alcohol motifs (C(OH)–C–C–N with tert-alkyl or cyclic N) is 1. The number of aromatic nitrogens is 1. The quantitative estimate of drug-likeness (QED) is 0.376. The highest BCUT2D eigenvalue weighted by molar-refractivity contribution is 7.13. The van der Waals surface area contributed by atoms with Gasteiger partial charge in [-0.1, -0.05) is 45.6 Å². The lowest BCUT2D eigenvalue weighted by atomic mass is 9.85. The number of likely N-dealkylation sites (tertiary alicyclic amines) is 1. The molecule has 216 valence electrons. The van der Waals surface area contributed by atoms with E-state index in [0.29, 0.717) is 5.75 Å². The molecule has 3 N–H and O–H groups in total. The number of hydrogen-bond donors (Lipinski definition) is 3. The average Bonchev–Trinajstić information content (AvgIpc) is 3.31. The molecular formula is C29H37FN4O5S. The van der Waals surface area contributed by atoms with Crippen LogP contribution in [0.3, 0.4) is 0 Å². The van der Waals surface area contributed by atoms with Crippen molar-refractivity contribution in [2.24, 2.45) is 5.41 Å². The van der Waals surface area contributed by atoms with Crippen LogP contribution in [0.5, 0.6) is 5.75 Å². The maximum absolute atomic E-state index is 14.4. The van der Waals surface area contributed by atoms with Crippen LogP contribution < -0.4 is 15.4 Å². The van der Waals surface area contributed by atoms with Crippen molar-refractivity contribution in [3.63, 3.8) is 0 Å². The van der Waals surface area contributed by atoms with E-state index in [1.165, 1.54) is 16.2 Å². The van der Waals surface area contributed by atoms with E-state index in [2.05, 4.69) is 22.2 Å². The number of nitrogens with zero attached hydrogens (tertiary/aromatic N) is 2. The van der Waals surface area contributed by atoms with Gasteiger partial charge < -0.3 is 25.4 Å². The SMILES string of the molecule is C=CCOc1cc(-c2scnc2C)ccc1CNC(=O)C1CC(O)CN1C(=O)[C@@H](NC(=O)C1(F)CC1)C(C)(C)C. The Balaban J connectivity index is 1.49. The maximum atomic E-state index is 14.4. The number of nitrogens with one attached hydrogen (secondary N) is 2. The van der Waals surface area contributed by atoms with Crippen LogP contribution in [0, 0.1) is 12.3 Å². The molecule has 2 heterocycles. The number of aliphatic hydroxyl groups excluding tert-OH is 1. The Morgan fingerprint density at radius 3 is 2.67 bits per heavy atom. The van der Waals surface area contributed by atoms with Crippen molar-refractivity contribution in [2.45, 2.75) is 77.4 Å². The fourth-order valence-electron chi connectivity index (χ4n) is 4.72. The van der Waals surface area contributed by atoms with Gasteiger partial charge in [-0.3, -0.25) is 14.4 Å². The number of carbonyl (C=O) groups excluding carboxylic acids is 3. The summed E-state index contributed by atoms with van der Waals surface area (Å²) in [7, 11) is 0. The van der Waals surface area contributed by atoms with E-state index in [1.807, 2.05) is 25.1 Å². The number of amides is 3. The Morgan fingerprint density at radius 2 is 2.08 bits per heavy atom. The summed E-state index contributed by atoms with van der Waals surface area (Å²) in [6.07, 6.45) is 1.04. The van der Waals surface area contributed by atoms with Crippen LogP contribution in [0.4, 0.5) is 4.39 Å².